The van der Waals surface area contributed by atoms with E-state index in [2.05, 4.69) is 4.74 Å². The van der Waals surface area contributed by atoms with Gasteiger partial charge in [-0.25, -0.2) is 9.59 Å². The first kappa shape index (κ1) is 26.1. The van der Waals surface area contributed by atoms with Crippen LogP contribution in [-0.2, 0) is 19.1 Å². The molecule has 0 radical (unpaired) electrons. The lowest BCUT2D eigenvalue weighted by Crippen LogP contribution is -2.60. The van der Waals surface area contributed by atoms with Gasteiger partial charge in [-0.3, -0.25) is 4.79 Å². The zero-order chi connectivity index (χ0) is 26.9. The van der Waals surface area contributed by atoms with Gasteiger partial charge >= 0.3 is 11.9 Å². The summed E-state index contributed by atoms with van der Waals surface area (Å²) in [4.78, 5) is 35.1. The Morgan fingerprint density at radius 3 is 2.38 bits per heavy atom. The molecular weight excluding hydrogens is 496 g/mol. The number of carboxylic acids is 1. The molecule has 37 heavy (non-hydrogen) atoms. The second kappa shape index (κ2) is 10.5. The van der Waals surface area contributed by atoms with E-state index < -0.39 is 55.4 Å². The lowest BCUT2D eigenvalue weighted by molar-refractivity contribution is -0.279. The van der Waals surface area contributed by atoms with Gasteiger partial charge < -0.3 is 49.3 Å². The number of aliphatic hydroxyl groups is 4. The van der Waals surface area contributed by atoms with E-state index in [-0.39, 0.29) is 33.5 Å². The Morgan fingerprint density at radius 2 is 1.70 bits per heavy atom. The summed E-state index contributed by atoms with van der Waals surface area (Å²) in [5.74, 6) is -3.26. The Bertz CT molecular complexity index is 1350. The van der Waals surface area contributed by atoms with Crippen LogP contribution in [0.5, 0.6) is 11.5 Å². The quantitative estimate of drug-likeness (QED) is 0.169. The standard InChI is InChI=1S/C24H22O13/c25-11-3-1-10(2-4-11)14-8-34-15-7-12(5-6-13(15)17(14)26)36-24-20(29)19(28)18(27)16(37-24)9-35-23(33)21(30)22(31)32/h1-8,16,18-21,24-25,27-30H,9H2,(H,31,32)/t16-,18-,19+,20-,21-,24+/m0/s1. The fraction of sp³-hybridized carbons (Fsp3) is 0.292. The molecule has 0 bridgehead atoms. The van der Waals surface area contributed by atoms with Crippen LogP contribution in [0.3, 0.4) is 0 Å². The fourth-order valence-electron chi connectivity index (χ4n) is 3.65. The second-order valence-electron chi connectivity index (χ2n) is 8.19. The first-order chi connectivity index (χ1) is 17.6. The molecule has 0 unspecified atom stereocenters. The summed E-state index contributed by atoms with van der Waals surface area (Å²) in [5, 5.41) is 58.1. The van der Waals surface area contributed by atoms with Crippen LogP contribution in [0, 0.1) is 0 Å². The van der Waals surface area contributed by atoms with E-state index >= 15 is 0 Å². The summed E-state index contributed by atoms with van der Waals surface area (Å²) in [7, 11) is 0. The number of carbonyl (C=O) groups is 2. The normalized spacial score (nSPS) is 24.4. The maximum absolute atomic E-state index is 12.9. The molecule has 0 amide bonds. The number of aliphatic carboxylic acids is 1. The molecule has 2 heterocycles. The van der Waals surface area contributed by atoms with E-state index in [0.29, 0.717) is 5.56 Å². The number of hydrogen-bond acceptors (Lipinski definition) is 12. The molecular formula is C24H22O13. The van der Waals surface area contributed by atoms with Crippen LogP contribution in [-0.4, -0.2) is 86.0 Å². The maximum Gasteiger partial charge on any atom is 0.346 e. The Hall–Kier alpha value is -4.01. The molecule has 1 saturated heterocycles. The Morgan fingerprint density at radius 1 is 1.00 bits per heavy atom. The number of carboxylic acid groups (broad SMARTS) is 1. The molecule has 196 valence electrons. The molecule has 13 heteroatoms. The van der Waals surface area contributed by atoms with Gasteiger partial charge in [0.15, 0.2) is 5.43 Å². The molecule has 1 aliphatic heterocycles. The highest BCUT2D eigenvalue weighted by Crippen LogP contribution is 2.28. The SMILES string of the molecule is O=C(O)[C@H](O)C(=O)OC[C@@H]1O[C@@H](Oc2ccc3c(=O)c(-c4ccc(O)cc4)coc3c2)[C@@H](O)[C@H](O)[C@H]1O. The lowest BCUT2D eigenvalue weighted by atomic mass is 9.99. The number of phenols is 1. The number of hydrogen-bond donors (Lipinski definition) is 6. The minimum Gasteiger partial charge on any atom is -0.508 e. The van der Waals surface area contributed by atoms with E-state index in [1.165, 1.54) is 36.6 Å². The number of aliphatic hydroxyl groups excluding tert-OH is 4. The van der Waals surface area contributed by atoms with Crippen molar-refractivity contribution in [2.45, 2.75) is 36.8 Å². The third-order valence-electron chi connectivity index (χ3n) is 5.69. The molecule has 0 aliphatic carbocycles. The molecule has 0 saturated carbocycles. The van der Waals surface area contributed by atoms with Crippen molar-refractivity contribution in [1.29, 1.82) is 0 Å². The van der Waals surface area contributed by atoms with Crippen LogP contribution in [0.15, 0.2) is 57.9 Å². The van der Waals surface area contributed by atoms with Gasteiger partial charge in [-0.2, -0.15) is 0 Å². The van der Waals surface area contributed by atoms with Gasteiger partial charge in [0.25, 0.3) is 0 Å². The topological polar surface area (TPSA) is 213 Å². The van der Waals surface area contributed by atoms with E-state index in [0.717, 1.165) is 0 Å². The molecule has 1 aromatic heterocycles. The molecule has 4 rings (SSSR count). The minimum atomic E-state index is -2.45. The van der Waals surface area contributed by atoms with E-state index in [4.69, 9.17) is 19.0 Å². The van der Waals surface area contributed by atoms with Crippen LogP contribution in [0.1, 0.15) is 0 Å². The van der Waals surface area contributed by atoms with Crippen LogP contribution in [0.4, 0.5) is 0 Å². The van der Waals surface area contributed by atoms with Crippen LogP contribution < -0.4 is 10.2 Å². The molecule has 3 aromatic rings. The molecule has 1 fully saturated rings. The van der Waals surface area contributed by atoms with Gasteiger partial charge in [-0.05, 0) is 29.8 Å². The van der Waals surface area contributed by atoms with Gasteiger partial charge in [0, 0.05) is 6.07 Å². The number of aromatic hydroxyl groups is 1. The highest BCUT2D eigenvalue weighted by molar-refractivity contribution is 5.96. The maximum atomic E-state index is 12.9. The van der Waals surface area contributed by atoms with Gasteiger partial charge in [0.2, 0.25) is 12.4 Å². The average Bonchev–Trinajstić information content (AvgIpc) is 2.88. The van der Waals surface area contributed by atoms with Gasteiger partial charge in [0.1, 0.15) is 54.4 Å². The Kier molecular flexibility index (Phi) is 7.42. The Balaban J connectivity index is 1.51. The molecule has 2 aromatic carbocycles. The third kappa shape index (κ3) is 5.40. The molecule has 0 spiro atoms. The molecule has 6 atom stereocenters. The Labute approximate surface area is 207 Å². The van der Waals surface area contributed by atoms with Gasteiger partial charge in [0.05, 0.1) is 10.9 Å². The highest BCUT2D eigenvalue weighted by atomic mass is 16.7. The van der Waals surface area contributed by atoms with Crippen molar-refractivity contribution in [2.24, 2.45) is 0 Å². The van der Waals surface area contributed by atoms with Crippen molar-refractivity contribution in [1.82, 2.24) is 0 Å². The smallest absolute Gasteiger partial charge is 0.346 e. The second-order valence-corrected chi connectivity index (χ2v) is 8.19. The van der Waals surface area contributed by atoms with Crippen molar-refractivity contribution in [3.63, 3.8) is 0 Å². The van der Waals surface area contributed by atoms with Crippen LogP contribution in [0.2, 0.25) is 0 Å². The predicted molar refractivity (Wildman–Crippen MR) is 121 cm³/mol. The number of phenolic OH excluding ortho intramolecular Hbond substituents is 1. The summed E-state index contributed by atoms with van der Waals surface area (Å²) in [6, 6.07) is 10.1. The summed E-state index contributed by atoms with van der Waals surface area (Å²) in [6.45, 7) is -0.763. The number of carbonyl (C=O) groups excluding carboxylic acids is 1. The minimum absolute atomic E-state index is 0.0405. The fourth-order valence-corrected chi connectivity index (χ4v) is 3.65. The van der Waals surface area contributed by atoms with Crippen LogP contribution in [0.25, 0.3) is 22.1 Å². The van der Waals surface area contributed by atoms with E-state index in [9.17, 15) is 39.9 Å². The zero-order valence-electron chi connectivity index (χ0n) is 18.8. The lowest BCUT2D eigenvalue weighted by Gasteiger charge is -2.39. The van der Waals surface area contributed by atoms with E-state index in [1.54, 1.807) is 12.1 Å². The largest absolute Gasteiger partial charge is 0.508 e. The van der Waals surface area contributed by atoms with Crippen molar-refractivity contribution >= 4 is 22.9 Å². The predicted octanol–water partition coefficient (Wildman–Crippen LogP) is -0.659. The molecule has 13 nitrogen and oxygen atoms in total. The number of rotatable bonds is 7. The monoisotopic (exact) mass is 518 g/mol. The van der Waals surface area contributed by atoms with Crippen molar-refractivity contribution in [2.75, 3.05) is 6.61 Å². The number of benzene rings is 2. The van der Waals surface area contributed by atoms with Crippen molar-refractivity contribution in [3.05, 3.63) is 59.0 Å². The molecule has 6 N–H and O–H groups in total. The summed E-state index contributed by atoms with van der Waals surface area (Å²) in [5.41, 5.74) is 0.567. The summed E-state index contributed by atoms with van der Waals surface area (Å²) in [6.07, 6.45) is -9.51. The average molecular weight is 518 g/mol. The van der Waals surface area contributed by atoms with E-state index in [1.807, 2.05) is 0 Å². The first-order valence-electron chi connectivity index (χ1n) is 10.9. The first-order valence-corrected chi connectivity index (χ1v) is 10.9. The highest BCUT2D eigenvalue weighted by Gasteiger charge is 2.45. The zero-order valence-corrected chi connectivity index (χ0v) is 18.8. The van der Waals surface area contributed by atoms with Crippen LogP contribution >= 0.6 is 0 Å². The number of esters is 1. The van der Waals surface area contributed by atoms with Crippen molar-refractivity contribution in [3.8, 4) is 22.6 Å². The van der Waals surface area contributed by atoms with Gasteiger partial charge in [-0.15, -0.1) is 0 Å². The number of fused-ring (bicyclic) bond motifs is 1. The van der Waals surface area contributed by atoms with Gasteiger partial charge in [-0.1, -0.05) is 12.1 Å². The molecule has 1 aliphatic rings. The third-order valence-corrected chi connectivity index (χ3v) is 5.69. The summed E-state index contributed by atoms with van der Waals surface area (Å²) < 4.78 is 21.1. The number of ether oxygens (including phenoxy) is 3. The summed E-state index contributed by atoms with van der Waals surface area (Å²) >= 11 is 0. The van der Waals surface area contributed by atoms with Crippen molar-refractivity contribution < 1.29 is 58.9 Å².